The molecule has 100 valence electrons. The van der Waals surface area contributed by atoms with E-state index in [1.165, 1.54) is 32.2 Å². The van der Waals surface area contributed by atoms with Gasteiger partial charge in [0.1, 0.15) is 0 Å². The second kappa shape index (κ2) is 6.17. The first-order valence-corrected chi connectivity index (χ1v) is 7.25. The van der Waals surface area contributed by atoms with E-state index in [0.717, 1.165) is 25.4 Å². The normalized spacial score (nSPS) is 34.1. The van der Waals surface area contributed by atoms with E-state index >= 15 is 0 Å². The lowest BCUT2D eigenvalue weighted by Crippen LogP contribution is -2.50. The molecule has 0 amide bonds. The molecule has 1 aliphatic heterocycles. The molecule has 0 aromatic rings. The van der Waals surface area contributed by atoms with Crippen LogP contribution >= 0.6 is 0 Å². The molecular formula is C14H28N2O. The van der Waals surface area contributed by atoms with Crippen molar-refractivity contribution in [2.45, 2.75) is 51.2 Å². The van der Waals surface area contributed by atoms with Gasteiger partial charge in [-0.25, -0.2) is 0 Å². The predicted octanol–water partition coefficient (Wildman–Crippen LogP) is 1.47. The van der Waals surface area contributed by atoms with Gasteiger partial charge in [0.15, 0.2) is 0 Å². The lowest BCUT2D eigenvalue weighted by molar-refractivity contribution is 0.0577. The van der Waals surface area contributed by atoms with Gasteiger partial charge in [-0.1, -0.05) is 12.8 Å². The molecule has 17 heavy (non-hydrogen) atoms. The van der Waals surface area contributed by atoms with Crippen molar-refractivity contribution in [2.75, 3.05) is 26.7 Å². The molecule has 2 rings (SSSR count). The zero-order chi connectivity index (χ0) is 12.3. The molecule has 3 atom stereocenters. The number of aliphatic hydroxyl groups is 1. The number of likely N-dealkylation sites (tertiary alicyclic amines) is 1. The van der Waals surface area contributed by atoms with Crippen LogP contribution in [0.5, 0.6) is 0 Å². The molecule has 2 N–H and O–H groups in total. The summed E-state index contributed by atoms with van der Waals surface area (Å²) in [5.74, 6) is 1.35. The zero-order valence-corrected chi connectivity index (χ0v) is 11.4. The summed E-state index contributed by atoms with van der Waals surface area (Å²) in [6.07, 6.45) is 6.63. The Kier molecular flexibility index (Phi) is 4.83. The summed E-state index contributed by atoms with van der Waals surface area (Å²) >= 11 is 0. The molecule has 2 fully saturated rings. The highest BCUT2D eigenvalue weighted by molar-refractivity contribution is 4.85. The highest BCUT2D eigenvalue weighted by Gasteiger charge is 2.28. The molecule has 1 aliphatic carbocycles. The van der Waals surface area contributed by atoms with Crippen LogP contribution in [0.3, 0.4) is 0 Å². The van der Waals surface area contributed by atoms with Gasteiger partial charge < -0.3 is 15.3 Å². The number of hydrogen-bond acceptors (Lipinski definition) is 3. The monoisotopic (exact) mass is 240 g/mol. The van der Waals surface area contributed by atoms with Crippen LogP contribution in [0.4, 0.5) is 0 Å². The van der Waals surface area contributed by atoms with E-state index in [0.29, 0.717) is 12.0 Å². The second-order valence-corrected chi connectivity index (χ2v) is 6.21. The van der Waals surface area contributed by atoms with Crippen molar-refractivity contribution in [3.63, 3.8) is 0 Å². The van der Waals surface area contributed by atoms with Gasteiger partial charge in [0.25, 0.3) is 0 Å². The summed E-state index contributed by atoms with van der Waals surface area (Å²) in [6, 6.07) is 0.578. The van der Waals surface area contributed by atoms with Gasteiger partial charge in [0.05, 0.1) is 6.10 Å². The smallest absolute Gasteiger partial charge is 0.0553 e. The standard InChI is InChI=1S/C14H28N2O/c1-11(17)13-7-14(10-16(2)9-13)15-8-12-5-3-4-6-12/h11-15,17H,3-10H2,1-2H3. The lowest BCUT2D eigenvalue weighted by Gasteiger charge is -2.37. The number of aliphatic hydroxyl groups excluding tert-OH is 1. The molecule has 2 aliphatic rings. The summed E-state index contributed by atoms with van der Waals surface area (Å²) < 4.78 is 0. The molecule has 0 bridgehead atoms. The zero-order valence-electron chi connectivity index (χ0n) is 11.4. The fraction of sp³-hybridized carbons (Fsp3) is 1.00. The van der Waals surface area contributed by atoms with Gasteiger partial charge in [0.2, 0.25) is 0 Å². The average molecular weight is 240 g/mol. The van der Waals surface area contributed by atoms with Gasteiger partial charge in [-0.05, 0) is 51.6 Å². The van der Waals surface area contributed by atoms with Crippen molar-refractivity contribution in [1.82, 2.24) is 10.2 Å². The Morgan fingerprint density at radius 3 is 2.65 bits per heavy atom. The van der Waals surface area contributed by atoms with Crippen LogP contribution < -0.4 is 5.32 Å². The van der Waals surface area contributed by atoms with E-state index in [4.69, 9.17) is 0 Å². The number of hydrogen-bond donors (Lipinski definition) is 2. The Hall–Kier alpha value is -0.120. The van der Waals surface area contributed by atoms with Gasteiger partial charge in [-0.2, -0.15) is 0 Å². The van der Waals surface area contributed by atoms with E-state index in [-0.39, 0.29) is 6.10 Å². The van der Waals surface area contributed by atoms with Crippen LogP contribution in [0.15, 0.2) is 0 Å². The molecule has 3 nitrogen and oxygen atoms in total. The van der Waals surface area contributed by atoms with Gasteiger partial charge in [-0.15, -0.1) is 0 Å². The Morgan fingerprint density at radius 1 is 1.29 bits per heavy atom. The highest BCUT2D eigenvalue weighted by Crippen LogP contribution is 2.25. The largest absolute Gasteiger partial charge is 0.393 e. The molecule has 0 radical (unpaired) electrons. The number of nitrogens with zero attached hydrogens (tertiary/aromatic N) is 1. The molecule has 0 spiro atoms. The molecule has 1 saturated carbocycles. The highest BCUT2D eigenvalue weighted by atomic mass is 16.3. The van der Waals surface area contributed by atoms with Crippen LogP contribution in [-0.2, 0) is 0 Å². The number of piperidine rings is 1. The summed E-state index contributed by atoms with van der Waals surface area (Å²) in [5, 5.41) is 13.5. The van der Waals surface area contributed by atoms with Crippen LogP contribution in [0.1, 0.15) is 39.0 Å². The molecule has 1 heterocycles. The number of likely N-dealkylation sites (N-methyl/N-ethyl adjacent to an activating group) is 1. The summed E-state index contributed by atoms with van der Waals surface area (Å²) in [6.45, 7) is 5.29. The number of nitrogens with one attached hydrogen (secondary N) is 1. The first kappa shape index (κ1) is 13.3. The van der Waals surface area contributed by atoms with Crippen molar-refractivity contribution in [2.24, 2.45) is 11.8 Å². The van der Waals surface area contributed by atoms with Crippen molar-refractivity contribution in [1.29, 1.82) is 0 Å². The van der Waals surface area contributed by atoms with E-state index < -0.39 is 0 Å². The Labute approximate surface area is 106 Å². The van der Waals surface area contributed by atoms with Crippen molar-refractivity contribution >= 4 is 0 Å². The maximum atomic E-state index is 9.74. The summed E-state index contributed by atoms with van der Waals surface area (Å²) in [4.78, 5) is 2.35. The lowest BCUT2D eigenvalue weighted by atomic mass is 9.90. The Morgan fingerprint density at radius 2 is 2.00 bits per heavy atom. The SMILES string of the molecule is CC(O)C1CC(NCC2CCCC2)CN(C)C1. The Balaban J connectivity index is 1.75. The van der Waals surface area contributed by atoms with E-state index in [1.54, 1.807) is 0 Å². The first-order chi connectivity index (χ1) is 8.15. The molecule has 0 aromatic carbocycles. The summed E-state index contributed by atoms with van der Waals surface area (Å²) in [7, 11) is 2.17. The molecule has 3 heteroatoms. The van der Waals surface area contributed by atoms with Gasteiger partial charge >= 0.3 is 0 Å². The van der Waals surface area contributed by atoms with Crippen molar-refractivity contribution < 1.29 is 5.11 Å². The van der Waals surface area contributed by atoms with Crippen LogP contribution in [0, 0.1) is 11.8 Å². The second-order valence-electron chi connectivity index (χ2n) is 6.21. The van der Waals surface area contributed by atoms with E-state index in [2.05, 4.69) is 17.3 Å². The first-order valence-electron chi connectivity index (χ1n) is 7.25. The summed E-state index contributed by atoms with van der Waals surface area (Å²) in [5.41, 5.74) is 0. The minimum atomic E-state index is -0.173. The molecule has 3 unspecified atom stereocenters. The van der Waals surface area contributed by atoms with Gasteiger partial charge in [-0.3, -0.25) is 0 Å². The maximum Gasteiger partial charge on any atom is 0.0553 e. The fourth-order valence-corrected chi connectivity index (χ4v) is 3.41. The Bertz CT molecular complexity index is 226. The van der Waals surface area contributed by atoms with Crippen LogP contribution in [0.25, 0.3) is 0 Å². The van der Waals surface area contributed by atoms with E-state index in [1.807, 2.05) is 6.92 Å². The molecular weight excluding hydrogens is 212 g/mol. The average Bonchev–Trinajstić information content (AvgIpc) is 2.78. The van der Waals surface area contributed by atoms with E-state index in [9.17, 15) is 5.11 Å². The third-order valence-electron chi connectivity index (χ3n) is 4.52. The third kappa shape index (κ3) is 3.94. The minimum absolute atomic E-state index is 0.173. The molecule has 1 saturated heterocycles. The van der Waals surface area contributed by atoms with Crippen molar-refractivity contribution in [3.8, 4) is 0 Å². The minimum Gasteiger partial charge on any atom is -0.393 e. The quantitative estimate of drug-likeness (QED) is 0.781. The topological polar surface area (TPSA) is 35.5 Å². The number of rotatable bonds is 4. The third-order valence-corrected chi connectivity index (χ3v) is 4.52. The fourth-order valence-electron chi connectivity index (χ4n) is 3.41. The maximum absolute atomic E-state index is 9.74. The van der Waals surface area contributed by atoms with Crippen molar-refractivity contribution in [3.05, 3.63) is 0 Å². The van der Waals surface area contributed by atoms with Gasteiger partial charge in [0, 0.05) is 19.1 Å². The van der Waals surface area contributed by atoms with Crippen LogP contribution in [0.2, 0.25) is 0 Å². The molecule has 0 aromatic heterocycles. The predicted molar refractivity (Wildman–Crippen MR) is 71.0 cm³/mol. The van der Waals surface area contributed by atoms with Crippen LogP contribution in [-0.4, -0.2) is 48.8 Å².